The van der Waals surface area contributed by atoms with Crippen LogP contribution in [0.2, 0.25) is 0 Å². The van der Waals surface area contributed by atoms with Crippen molar-refractivity contribution >= 4 is 6.03 Å². The molecule has 0 radical (unpaired) electrons. The number of carbonyl (C=O) groups excluding carboxylic acids is 1. The smallest absolute Gasteiger partial charge is 0.315 e. The van der Waals surface area contributed by atoms with Gasteiger partial charge in [-0.3, -0.25) is 0 Å². The highest BCUT2D eigenvalue weighted by atomic mass is 16.2. The monoisotopic (exact) mass is 260 g/mol. The molecule has 0 aliphatic heterocycles. The van der Waals surface area contributed by atoms with Crippen molar-refractivity contribution < 1.29 is 4.79 Å². The van der Waals surface area contributed by atoms with Crippen molar-refractivity contribution in [1.82, 2.24) is 10.6 Å². The van der Waals surface area contributed by atoms with Crippen LogP contribution in [0.5, 0.6) is 0 Å². The van der Waals surface area contributed by atoms with E-state index in [9.17, 15) is 4.79 Å². The fourth-order valence-electron chi connectivity index (χ4n) is 2.74. The predicted molar refractivity (Wildman–Crippen MR) is 78.0 cm³/mol. The number of urea groups is 1. The van der Waals surface area contributed by atoms with E-state index in [4.69, 9.17) is 0 Å². The van der Waals surface area contributed by atoms with E-state index in [-0.39, 0.29) is 12.1 Å². The highest BCUT2D eigenvalue weighted by Gasteiger charge is 2.17. The van der Waals surface area contributed by atoms with Gasteiger partial charge in [-0.25, -0.2) is 4.79 Å². The molecule has 19 heavy (non-hydrogen) atoms. The maximum absolute atomic E-state index is 12.0. The summed E-state index contributed by atoms with van der Waals surface area (Å²) in [6.07, 6.45) is 6.93. The van der Waals surface area contributed by atoms with Crippen LogP contribution in [0.3, 0.4) is 0 Å². The number of benzene rings is 1. The van der Waals surface area contributed by atoms with Crippen LogP contribution in [-0.2, 0) is 0 Å². The van der Waals surface area contributed by atoms with Gasteiger partial charge in [0.25, 0.3) is 0 Å². The lowest BCUT2D eigenvalue weighted by atomic mass is 9.96. The molecule has 0 unspecified atom stereocenters. The van der Waals surface area contributed by atoms with Gasteiger partial charge in [-0.15, -0.1) is 0 Å². The third-order valence-electron chi connectivity index (χ3n) is 3.86. The highest BCUT2D eigenvalue weighted by Crippen LogP contribution is 2.18. The molecule has 104 valence electrons. The molecule has 3 heteroatoms. The van der Waals surface area contributed by atoms with Gasteiger partial charge < -0.3 is 10.6 Å². The Labute approximate surface area is 115 Å². The molecule has 0 spiro atoms. The lowest BCUT2D eigenvalue weighted by molar-refractivity contribution is 0.228. The normalized spacial score (nSPS) is 17.7. The average molecular weight is 260 g/mol. The Hall–Kier alpha value is -1.51. The molecular weight excluding hydrogens is 236 g/mol. The summed E-state index contributed by atoms with van der Waals surface area (Å²) in [6, 6.07) is 10.6. The molecule has 1 aliphatic carbocycles. The first-order chi connectivity index (χ1) is 9.29. The molecule has 2 N–H and O–H groups in total. The van der Waals surface area contributed by atoms with E-state index in [1.165, 1.54) is 24.8 Å². The predicted octanol–water partition coefficient (Wildman–Crippen LogP) is 3.77. The van der Waals surface area contributed by atoms with Crippen molar-refractivity contribution in [1.29, 1.82) is 0 Å². The summed E-state index contributed by atoms with van der Waals surface area (Å²) in [5.74, 6) is 0. The third kappa shape index (κ3) is 4.27. The topological polar surface area (TPSA) is 41.1 Å². The summed E-state index contributed by atoms with van der Waals surface area (Å²) in [7, 11) is 0. The maximum atomic E-state index is 12.0. The van der Waals surface area contributed by atoms with Crippen molar-refractivity contribution in [3.05, 3.63) is 35.9 Å². The molecule has 1 aromatic carbocycles. The molecule has 1 fully saturated rings. The number of amides is 2. The van der Waals surface area contributed by atoms with Gasteiger partial charge in [0.05, 0.1) is 6.04 Å². The largest absolute Gasteiger partial charge is 0.335 e. The van der Waals surface area contributed by atoms with Gasteiger partial charge >= 0.3 is 6.03 Å². The average Bonchev–Trinajstić information content (AvgIpc) is 2.47. The number of hydrogen-bond acceptors (Lipinski definition) is 1. The molecular formula is C16H24N2O. The molecule has 0 bridgehead atoms. The molecule has 1 aromatic rings. The second-order valence-electron chi connectivity index (χ2n) is 5.32. The standard InChI is InChI=1S/C16H24N2O/c1-2-15(13-9-5-3-6-10-13)18-16(19)17-14-11-7-4-8-12-14/h3,5-6,9-10,14-15H,2,4,7-8,11-12H2,1H3,(H2,17,18,19)/t15-/m1/s1. The number of hydrogen-bond donors (Lipinski definition) is 2. The van der Waals surface area contributed by atoms with Crippen molar-refractivity contribution in [2.75, 3.05) is 0 Å². The Balaban J connectivity index is 1.85. The zero-order valence-electron chi connectivity index (χ0n) is 11.7. The number of carbonyl (C=O) groups is 1. The van der Waals surface area contributed by atoms with Crippen LogP contribution in [0.1, 0.15) is 57.1 Å². The lowest BCUT2D eigenvalue weighted by Crippen LogP contribution is -2.44. The molecule has 2 amide bonds. The SMILES string of the molecule is CC[C@@H](NC(=O)NC1CCCCC1)c1ccccc1. The second kappa shape index (κ2) is 7.17. The first-order valence-corrected chi connectivity index (χ1v) is 7.41. The van der Waals surface area contributed by atoms with Crippen molar-refractivity contribution in [2.24, 2.45) is 0 Å². The molecule has 0 heterocycles. The minimum absolute atomic E-state index is 0.0254. The Morgan fingerprint density at radius 2 is 1.89 bits per heavy atom. The van der Waals surface area contributed by atoms with Gasteiger partial charge in [0.2, 0.25) is 0 Å². The Bertz CT molecular complexity index is 385. The van der Waals surface area contributed by atoms with E-state index >= 15 is 0 Å². The van der Waals surface area contributed by atoms with Gasteiger partial charge in [-0.2, -0.15) is 0 Å². The first kappa shape index (κ1) is 13.9. The van der Waals surface area contributed by atoms with Crippen LogP contribution in [0.4, 0.5) is 4.79 Å². The molecule has 1 atom stereocenters. The number of rotatable bonds is 4. The molecule has 1 aliphatic rings. The lowest BCUT2D eigenvalue weighted by Gasteiger charge is -2.25. The maximum Gasteiger partial charge on any atom is 0.315 e. The summed E-state index contributed by atoms with van der Waals surface area (Å²) in [4.78, 5) is 12.0. The molecule has 2 rings (SSSR count). The van der Waals surface area contributed by atoms with E-state index < -0.39 is 0 Å². The molecule has 0 saturated heterocycles. The fraction of sp³-hybridized carbons (Fsp3) is 0.562. The first-order valence-electron chi connectivity index (χ1n) is 7.41. The molecule has 3 nitrogen and oxygen atoms in total. The quantitative estimate of drug-likeness (QED) is 0.850. The van der Waals surface area contributed by atoms with Crippen LogP contribution in [0.15, 0.2) is 30.3 Å². The summed E-state index contributed by atoms with van der Waals surface area (Å²) < 4.78 is 0. The van der Waals surface area contributed by atoms with Crippen molar-refractivity contribution in [2.45, 2.75) is 57.5 Å². The minimum atomic E-state index is -0.0254. The van der Waals surface area contributed by atoms with Gasteiger partial charge in [-0.05, 0) is 24.8 Å². The van der Waals surface area contributed by atoms with E-state index in [2.05, 4.69) is 29.7 Å². The van der Waals surface area contributed by atoms with E-state index in [0.717, 1.165) is 19.3 Å². The highest BCUT2D eigenvalue weighted by molar-refractivity contribution is 5.74. The fourth-order valence-corrected chi connectivity index (χ4v) is 2.74. The van der Waals surface area contributed by atoms with E-state index in [0.29, 0.717) is 6.04 Å². The van der Waals surface area contributed by atoms with E-state index in [1.54, 1.807) is 0 Å². The van der Waals surface area contributed by atoms with Gasteiger partial charge in [0.1, 0.15) is 0 Å². The van der Waals surface area contributed by atoms with Crippen molar-refractivity contribution in [3.63, 3.8) is 0 Å². The van der Waals surface area contributed by atoms with Crippen LogP contribution in [-0.4, -0.2) is 12.1 Å². The third-order valence-corrected chi connectivity index (χ3v) is 3.86. The summed E-state index contributed by atoms with van der Waals surface area (Å²) in [6.45, 7) is 2.10. The Morgan fingerprint density at radius 3 is 2.53 bits per heavy atom. The number of nitrogens with one attached hydrogen (secondary N) is 2. The van der Waals surface area contributed by atoms with E-state index in [1.807, 2.05) is 18.2 Å². The van der Waals surface area contributed by atoms with Gasteiger partial charge in [0.15, 0.2) is 0 Å². The van der Waals surface area contributed by atoms with Crippen LogP contribution in [0, 0.1) is 0 Å². The second-order valence-corrected chi connectivity index (χ2v) is 5.32. The molecule has 0 aromatic heterocycles. The summed E-state index contributed by atoms with van der Waals surface area (Å²) >= 11 is 0. The summed E-state index contributed by atoms with van der Waals surface area (Å²) in [5, 5.41) is 6.18. The Morgan fingerprint density at radius 1 is 1.21 bits per heavy atom. The van der Waals surface area contributed by atoms with Crippen LogP contribution < -0.4 is 10.6 Å². The van der Waals surface area contributed by atoms with Crippen LogP contribution in [0.25, 0.3) is 0 Å². The van der Waals surface area contributed by atoms with Gasteiger partial charge in [0, 0.05) is 6.04 Å². The zero-order valence-corrected chi connectivity index (χ0v) is 11.7. The zero-order chi connectivity index (χ0) is 13.5. The summed E-state index contributed by atoms with van der Waals surface area (Å²) in [5.41, 5.74) is 1.17. The van der Waals surface area contributed by atoms with Gasteiger partial charge in [-0.1, -0.05) is 56.5 Å². The van der Waals surface area contributed by atoms with Crippen molar-refractivity contribution in [3.8, 4) is 0 Å². The van der Waals surface area contributed by atoms with Crippen LogP contribution >= 0.6 is 0 Å². The minimum Gasteiger partial charge on any atom is -0.335 e. The molecule has 1 saturated carbocycles. The Kier molecular flexibility index (Phi) is 5.25.